The Bertz CT molecular complexity index is 740. The Morgan fingerprint density at radius 2 is 2.32 bits per heavy atom. The lowest BCUT2D eigenvalue weighted by molar-refractivity contribution is 0.457. The summed E-state index contributed by atoms with van der Waals surface area (Å²) in [6.45, 7) is 2.75. The van der Waals surface area contributed by atoms with Crippen molar-refractivity contribution in [1.82, 2.24) is 19.7 Å². The van der Waals surface area contributed by atoms with E-state index in [2.05, 4.69) is 20.1 Å². The lowest BCUT2D eigenvalue weighted by Gasteiger charge is -1.98. The van der Waals surface area contributed by atoms with Crippen molar-refractivity contribution in [2.24, 2.45) is 4.99 Å². The Balaban J connectivity index is 2.04. The maximum atomic E-state index is 9.88. The molecule has 0 atom stereocenters. The molecule has 0 aliphatic carbocycles. The standard InChI is InChI=1S/C13H13N5O/c1-2-18-11(5-7-16-18)15-8-10-9-4-3-6-14-12(9)17-13(10)19/h3-8,19H,2H2,1H3,(H,14,17). The molecule has 19 heavy (non-hydrogen) atoms. The van der Waals surface area contributed by atoms with Crippen LogP contribution in [0.3, 0.4) is 0 Å². The van der Waals surface area contributed by atoms with Gasteiger partial charge in [0, 0.05) is 30.4 Å². The van der Waals surface area contributed by atoms with Crippen molar-refractivity contribution in [3.05, 3.63) is 36.2 Å². The van der Waals surface area contributed by atoms with Gasteiger partial charge in [0.05, 0.1) is 11.8 Å². The fourth-order valence-electron chi connectivity index (χ4n) is 1.97. The molecule has 3 aromatic heterocycles. The summed E-state index contributed by atoms with van der Waals surface area (Å²) in [6.07, 6.45) is 5.00. The van der Waals surface area contributed by atoms with E-state index in [1.807, 2.05) is 25.1 Å². The van der Waals surface area contributed by atoms with Crippen LogP contribution in [0.4, 0.5) is 5.82 Å². The summed E-state index contributed by atoms with van der Waals surface area (Å²) in [5.74, 6) is 0.820. The van der Waals surface area contributed by atoms with E-state index in [0.717, 1.165) is 17.7 Å². The molecule has 0 aromatic carbocycles. The highest BCUT2D eigenvalue weighted by atomic mass is 16.3. The monoisotopic (exact) mass is 255 g/mol. The van der Waals surface area contributed by atoms with Crippen molar-refractivity contribution >= 4 is 23.1 Å². The maximum absolute atomic E-state index is 9.88. The number of hydrogen-bond acceptors (Lipinski definition) is 4. The third-order valence-corrected chi connectivity index (χ3v) is 2.91. The van der Waals surface area contributed by atoms with Crippen LogP contribution in [0.25, 0.3) is 11.0 Å². The van der Waals surface area contributed by atoms with E-state index in [4.69, 9.17) is 0 Å². The minimum Gasteiger partial charge on any atom is -0.494 e. The number of aromatic hydroxyl groups is 1. The van der Waals surface area contributed by atoms with Gasteiger partial charge in [-0.05, 0) is 19.1 Å². The van der Waals surface area contributed by atoms with E-state index in [-0.39, 0.29) is 5.88 Å². The Morgan fingerprint density at radius 3 is 3.16 bits per heavy atom. The third kappa shape index (κ3) is 1.97. The molecule has 0 fully saturated rings. The number of pyridine rings is 1. The van der Waals surface area contributed by atoms with Gasteiger partial charge in [-0.15, -0.1) is 0 Å². The van der Waals surface area contributed by atoms with Crippen molar-refractivity contribution in [1.29, 1.82) is 0 Å². The third-order valence-electron chi connectivity index (χ3n) is 2.91. The first-order valence-corrected chi connectivity index (χ1v) is 6.01. The van der Waals surface area contributed by atoms with E-state index in [9.17, 15) is 5.11 Å². The number of fused-ring (bicyclic) bond motifs is 1. The fourth-order valence-corrected chi connectivity index (χ4v) is 1.97. The first kappa shape index (κ1) is 11.5. The fraction of sp³-hybridized carbons (Fsp3) is 0.154. The lowest BCUT2D eigenvalue weighted by Crippen LogP contribution is -1.94. The molecule has 2 N–H and O–H groups in total. The molecule has 0 radical (unpaired) electrons. The smallest absolute Gasteiger partial charge is 0.199 e. The molecule has 3 rings (SSSR count). The van der Waals surface area contributed by atoms with E-state index in [1.165, 1.54) is 0 Å². The van der Waals surface area contributed by atoms with Crippen molar-refractivity contribution in [3.8, 4) is 5.88 Å². The van der Waals surface area contributed by atoms with Crippen LogP contribution in [-0.2, 0) is 6.54 Å². The number of nitrogens with zero attached hydrogens (tertiary/aromatic N) is 4. The van der Waals surface area contributed by atoms with Gasteiger partial charge in [0.2, 0.25) is 0 Å². The highest BCUT2D eigenvalue weighted by Crippen LogP contribution is 2.24. The quantitative estimate of drug-likeness (QED) is 0.704. The molecule has 0 saturated heterocycles. The summed E-state index contributed by atoms with van der Waals surface area (Å²) in [5, 5.41) is 14.9. The summed E-state index contributed by atoms with van der Waals surface area (Å²) >= 11 is 0. The molecule has 0 amide bonds. The molecule has 6 heteroatoms. The highest BCUT2D eigenvalue weighted by molar-refractivity contribution is 6.01. The minimum absolute atomic E-state index is 0.0695. The molecule has 0 spiro atoms. The molecule has 0 unspecified atom stereocenters. The van der Waals surface area contributed by atoms with E-state index in [0.29, 0.717) is 11.2 Å². The van der Waals surface area contributed by atoms with Gasteiger partial charge in [-0.2, -0.15) is 5.10 Å². The van der Waals surface area contributed by atoms with Crippen molar-refractivity contribution in [3.63, 3.8) is 0 Å². The molecule has 0 bridgehead atoms. The number of H-pyrrole nitrogens is 1. The van der Waals surface area contributed by atoms with Gasteiger partial charge < -0.3 is 10.1 Å². The number of nitrogens with one attached hydrogen (secondary N) is 1. The second-order valence-electron chi connectivity index (χ2n) is 4.05. The zero-order valence-corrected chi connectivity index (χ0v) is 10.4. The maximum Gasteiger partial charge on any atom is 0.199 e. The molecule has 6 nitrogen and oxygen atoms in total. The SMILES string of the molecule is CCn1nccc1N=Cc1c(O)[nH]c2ncccc12. The number of rotatable bonds is 3. The summed E-state index contributed by atoms with van der Waals surface area (Å²) in [7, 11) is 0. The Labute approximate surface area is 109 Å². The van der Waals surface area contributed by atoms with Crippen LogP contribution in [0.15, 0.2) is 35.6 Å². The van der Waals surface area contributed by atoms with Crippen LogP contribution in [0.2, 0.25) is 0 Å². The Hall–Kier alpha value is -2.63. The topological polar surface area (TPSA) is 79.1 Å². The normalized spacial score (nSPS) is 11.6. The first-order valence-electron chi connectivity index (χ1n) is 6.01. The molecular formula is C13H13N5O. The minimum atomic E-state index is 0.0695. The van der Waals surface area contributed by atoms with Gasteiger partial charge >= 0.3 is 0 Å². The van der Waals surface area contributed by atoms with Gasteiger partial charge in [0.25, 0.3) is 0 Å². The van der Waals surface area contributed by atoms with Crippen LogP contribution in [0, 0.1) is 0 Å². The van der Waals surface area contributed by atoms with Crippen molar-refractivity contribution in [2.75, 3.05) is 0 Å². The zero-order valence-electron chi connectivity index (χ0n) is 10.4. The summed E-state index contributed by atoms with van der Waals surface area (Å²) in [4.78, 5) is 11.3. The molecular weight excluding hydrogens is 242 g/mol. The van der Waals surface area contributed by atoms with Crippen LogP contribution in [0.5, 0.6) is 5.88 Å². The second-order valence-corrected chi connectivity index (χ2v) is 4.05. The molecule has 96 valence electrons. The predicted octanol–water partition coefficient (Wildman–Crippen LogP) is 2.24. The van der Waals surface area contributed by atoms with Gasteiger partial charge in [0.15, 0.2) is 5.88 Å². The first-order chi connectivity index (χ1) is 9.29. The largest absolute Gasteiger partial charge is 0.494 e. The van der Waals surface area contributed by atoms with Crippen LogP contribution >= 0.6 is 0 Å². The van der Waals surface area contributed by atoms with Crippen molar-refractivity contribution in [2.45, 2.75) is 13.5 Å². The molecule has 0 aliphatic rings. The summed E-state index contributed by atoms with van der Waals surface area (Å²) in [6, 6.07) is 5.53. The number of aryl methyl sites for hydroxylation is 1. The van der Waals surface area contributed by atoms with Crippen LogP contribution in [-0.4, -0.2) is 31.1 Å². The van der Waals surface area contributed by atoms with Gasteiger partial charge in [-0.3, -0.25) is 0 Å². The molecule has 3 heterocycles. The van der Waals surface area contributed by atoms with Crippen LogP contribution in [0.1, 0.15) is 12.5 Å². The van der Waals surface area contributed by atoms with E-state index in [1.54, 1.807) is 23.3 Å². The molecule has 3 aromatic rings. The Kier molecular flexibility index (Phi) is 2.75. The van der Waals surface area contributed by atoms with Crippen molar-refractivity contribution < 1.29 is 5.11 Å². The predicted molar refractivity (Wildman–Crippen MR) is 72.9 cm³/mol. The number of hydrogen-bond donors (Lipinski definition) is 2. The van der Waals surface area contributed by atoms with Gasteiger partial charge in [-0.1, -0.05) is 0 Å². The van der Waals surface area contributed by atoms with E-state index < -0.39 is 0 Å². The number of aliphatic imine (C=N–C) groups is 1. The molecule has 0 saturated carbocycles. The Morgan fingerprint density at radius 1 is 1.42 bits per heavy atom. The second kappa shape index (κ2) is 4.56. The van der Waals surface area contributed by atoms with Crippen LogP contribution < -0.4 is 0 Å². The summed E-state index contributed by atoms with van der Waals surface area (Å²) in [5.41, 5.74) is 1.28. The number of aromatic amines is 1. The van der Waals surface area contributed by atoms with E-state index >= 15 is 0 Å². The average molecular weight is 255 g/mol. The number of aromatic nitrogens is 4. The summed E-state index contributed by atoms with van der Waals surface area (Å²) < 4.78 is 1.78. The average Bonchev–Trinajstić information content (AvgIpc) is 2.99. The zero-order chi connectivity index (χ0) is 13.2. The van der Waals surface area contributed by atoms with Gasteiger partial charge in [-0.25, -0.2) is 14.7 Å². The molecule has 0 aliphatic heterocycles. The van der Waals surface area contributed by atoms with Gasteiger partial charge in [0.1, 0.15) is 11.5 Å². The highest BCUT2D eigenvalue weighted by Gasteiger charge is 2.09. The lowest BCUT2D eigenvalue weighted by atomic mass is 10.2.